The summed E-state index contributed by atoms with van der Waals surface area (Å²) < 4.78 is 84.4. The Labute approximate surface area is 238 Å². The van der Waals surface area contributed by atoms with Crippen LogP contribution < -0.4 is 10.6 Å². The minimum atomic E-state index is -4.78. The predicted molar refractivity (Wildman–Crippen MR) is 142 cm³/mol. The van der Waals surface area contributed by atoms with Gasteiger partial charge in [0.1, 0.15) is 5.60 Å². The quantitative estimate of drug-likeness (QED) is 0.266. The number of nitrogens with one attached hydrogen (secondary N) is 2. The number of halogens is 6. The Morgan fingerprint density at radius 2 is 1.43 bits per heavy atom. The highest BCUT2D eigenvalue weighted by molar-refractivity contribution is 6.19. The van der Waals surface area contributed by atoms with Gasteiger partial charge in [-0.2, -0.15) is 26.3 Å². The van der Waals surface area contributed by atoms with Crippen molar-refractivity contribution in [2.45, 2.75) is 70.6 Å². The lowest BCUT2D eigenvalue weighted by molar-refractivity contribution is -0.171. The number of esters is 1. The van der Waals surface area contributed by atoms with E-state index in [4.69, 9.17) is 4.74 Å². The maximum absolute atomic E-state index is 13.5. The van der Waals surface area contributed by atoms with Gasteiger partial charge in [0.2, 0.25) is 12.1 Å². The third-order valence-electron chi connectivity index (χ3n) is 6.28. The van der Waals surface area contributed by atoms with Crippen LogP contribution in [0.25, 0.3) is 0 Å². The number of benzodiazepines with no additional fused rings is 1. The van der Waals surface area contributed by atoms with Crippen LogP contribution in [0.5, 0.6) is 0 Å². The standard InChI is InChI=1S/C29H31F6N3O4/c1-27(2,3)42-26(41)19(14-16-29(33,34)35)18(13-15-28(30,31)32)24(39)38-23-25(40)36-21-12-8-7-11-20(21)22(37-23)17-9-5-4-6-10-17/h4-12,18-19,23H,13-16H2,1-3H3,(H,36,40)(H,38,39)/t18-,19-,23-/m1/s1. The third-order valence-corrected chi connectivity index (χ3v) is 6.28. The predicted octanol–water partition coefficient (Wildman–Crippen LogP) is 6.18. The SMILES string of the molecule is CC(C)(C)OC(=O)[C@H](CCC(F)(F)F)[C@@H](CCC(F)(F)F)C(=O)N[C@H]1N=C(c2ccccc2)c2ccccc2NC1=O. The Bertz CT molecular complexity index is 1300. The highest BCUT2D eigenvalue weighted by Crippen LogP contribution is 2.34. The molecule has 0 radical (unpaired) electrons. The highest BCUT2D eigenvalue weighted by atomic mass is 19.4. The zero-order valence-electron chi connectivity index (χ0n) is 23.1. The van der Waals surface area contributed by atoms with Crippen molar-refractivity contribution in [1.29, 1.82) is 0 Å². The summed E-state index contributed by atoms with van der Waals surface area (Å²) in [6.45, 7) is 4.30. The number of para-hydroxylation sites is 1. The lowest BCUT2D eigenvalue weighted by Crippen LogP contribution is -2.48. The molecule has 0 fully saturated rings. The number of amides is 2. The molecule has 3 rings (SSSR count). The summed E-state index contributed by atoms with van der Waals surface area (Å²) in [5.41, 5.74) is 0.501. The van der Waals surface area contributed by atoms with Gasteiger partial charge < -0.3 is 15.4 Å². The lowest BCUT2D eigenvalue weighted by atomic mass is 9.83. The van der Waals surface area contributed by atoms with Gasteiger partial charge in [-0.3, -0.25) is 14.4 Å². The zero-order valence-corrected chi connectivity index (χ0v) is 23.1. The van der Waals surface area contributed by atoms with Crippen molar-refractivity contribution in [3.8, 4) is 0 Å². The summed E-state index contributed by atoms with van der Waals surface area (Å²) in [5.74, 6) is -7.10. The van der Waals surface area contributed by atoms with Crippen molar-refractivity contribution in [2.24, 2.45) is 16.8 Å². The van der Waals surface area contributed by atoms with Crippen LogP contribution in [0.2, 0.25) is 0 Å². The van der Waals surface area contributed by atoms with Crippen molar-refractivity contribution >= 4 is 29.2 Å². The van der Waals surface area contributed by atoms with Crippen LogP contribution in [0.3, 0.4) is 0 Å². The monoisotopic (exact) mass is 599 g/mol. The largest absolute Gasteiger partial charge is 0.460 e. The molecule has 42 heavy (non-hydrogen) atoms. The normalized spacial score (nSPS) is 17.2. The number of carbonyl (C=O) groups excluding carboxylic acids is 3. The fraction of sp³-hybridized carbons (Fsp3) is 0.448. The number of aliphatic imine (C=N–C) groups is 1. The molecule has 0 aliphatic carbocycles. The second kappa shape index (κ2) is 13.0. The van der Waals surface area contributed by atoms with E-state index in [1.165, 1.54) is 20.8 Å². The molecule has 0 aromatic heterocycles. The van der Waals surface area contributed by atoms with E-state index in [9.17, 15) is 40.7 Å². The molecule has 13 heteroatoms. The van der Waals surface area contributed by atoms with Crippen LogP contribution in [-0.4, -0.2) is 47.6 Å². The van der Waals surface area contributed by atoms with Gasteiger partial charge in [-0.15, -0.1) is 0 Å². The molecule has 1 heterocycles. The minimum absolute atomic E-state index is 0.280. The van der Waals surface area contributed by atoms with Crippen LogP contribution >= 0.6 is 0 Å². The fourth-order valence-electron chi connectivity index (χ4n) is 4.44. The summed E-state index contributed by atoms with van der Waals surface area (Å²) in [6, 6.07) is 15.2. The second-order valence-corrected chi connectivity index (χ2v) is 10.8. The van der Waals surface area contributed by atoms with Crippen LogP contribution in [0.1, 0.15) is 57.6 Å². The topological polar surface area (TPSA) is 96.9 Å². The molecular formula is C29H31F6N3O4. The van der Waals surface area contributed by atoms with Crippen molar-refractivity contribution in [2.75, 3.05) is 5.32 Å². The van der Waals surface area contributed by atoms with E-state index in [1.807, 2.05) is 0 Å². The van der Waals surface area contributed by atoms with Crippen molar-refractivity contribution in [3.63, 3.8) is 0 Å². The van der Waals surface area contributed by atoms with Crippen molar-refractivity contribution in [1.82, 2.24) is 5.32 Å². The van der Waals surface area contributed by atoms with Gasteiger partial charge in [-0.25, -0.2) is 4.99 Å². The first kappa shape index (κ1) is 32.6. The number of hydrogen-bond acceptors (Lipinski definition) is 5. The molecule has 3 atom stereocenters. The van der Waals surface area contributed by atoms with Crippen LogP contribution in [0, 0.1) is 11.8 Å². The number of anilines is 1. The van der Waals surface area contributed by atoms with E-state index in [-0.39, 0.29) is 5.71 Å². The Morgan fingerprint density at radius 3 is 2.00 bits per heavy atom. The summed E-state index contributed by atoms with van der Waals surface area (Å²) in [5, 5.41) is 4.89. The number of carbonyl (C=O) groups is 3. The Kier molecular flexibility index (Phi) is 10.1. The van der Waals surface area contributed by atoms with E-state index in [1.54, 1.807) is 54.6 Å². The molecule has 0 spiro atoms. The van der Waals surface area contributed by atoms with Crippen LogP contribution in [0.4, 0.5) is 32.0 Å². The molecule has 228 valence electrons. The van der Waals surface area contributed by atoms with Crippen LogP contribution in [-0.2, 0) is 19.1 Å². The van der Waals surface area contributed by atoms with Gasteiger partial charge in [0.05, 0.1) is 23.2 Å². The third kappa shape index (κ3) is 9.59. The average molecular weight is 600 g/mol. The maximum Gasteiger partial charge on any atom is 0.389 e. The second-order valence-electron chi connectivity index (χ2n) is 10.8. The summed E-state index contributed by atoms with van der Waals surface area (Å²) in [4.78, 5) is 44.0. The molecule has 2 N–H and O–H groups in total. The number of hydrogen-bond donors (Lipinski definition) is 2. The van der Waals surface area contributed by atoms with Crippen LogP contribution in [0.15, 0.2) is 59.6 Å². The van der Waals surface area contributed by atoms with Gasteiger partial charge in [-0.05, 0) is 39.7 Å². The lowest BCUT2D eigenvalue weighted by Gasteiger charge is -2.30. The molecule has 0 unspecified atom stereocenters. The Hall–Kier alpha value is -3.90. The molecule has 0 saturated carbocycles. The molecule has 1 aliphatic heterocycles. The molecule has 0 saturated heterocycles. The van der Waals surface area contributed by atoms with Gasteiger partial charge in [-0.1, -0.05) is 48.5 Å². The number of benzene rings is 2. The number of nitrogens with zero attached hydrogens (tertiary/aromatic N) is 1. The smallest absolute Gasteiger partial charge is 0.389 e. The van der Waals surface area contributed by atoms with E-state index < -0.39 is 79.4 Å². The van der Waals surface area contributed by atoms with E-state index >= 15 is 0 Å². The summed E-state index contributed by atoms with van der Waals surface area (Å²) in [6.07, 6.45) is -16.3. The van der Waals surface area contributed by atoms with Crippen molar-refractivity contribution < 1.29 is 45.5 Å². The number of alkyl halides is 6. The molecular weight excluding hydrogens is 568 g/mol. The zero-order chi connectivity index (χ0) is 31.3. The number of fused-ring (bicyclic) bond motifs is 1. The molecule has 1 aliphatic rings. The first-order valence-corrected chi connectivity index (χ1v) is 13.1. The Morgan fingerprint density at radius 1 is 0.881 bits per heavy atom. The molecule has 2 aromatic rings. The first-order chi connectivity index (χ1) is 19.4. The molecule has 2 aromatic carbocycles. The van der Waals surface area contributed by atoms with Gasteiger partial charge >= 0.3 is 18.3 Å². The van der Waals surface area contributed by atoms with Gasteiger partial charge in [0, 0.05) is 24.0 Å². The molecule has 7 nitrogen and oxygen atoms in total. The van der Waals surface area contributed by atoms with E-state index in [2.05, 4.69) is 15.6 Å². The van der Waals surface area contributed by atoms with Gasteiger partial charge in [0.15, 0.2) is 0 Å². The Balaban J connectivity index is 2.01. The van der Waals surface area contributed by atoms with Gasteiger partial charge in [0.25, 0.3) is 5.91 Å². The maximum atomic E-state index is 13.5. The summed E-state index contributed by atoms with van der Waals surface area (Å²) in [7, 11) is 0. The first-order valence-electron chi connectivity index (χ1n) is 13.1. The summed E-state index contributed by atoms with van der Waals surface area (Å²) >= 11 is 0. The van der Waals surface area contributed by atoms with Crippen molar-refractivity contribution in [3.05, 3.63) is 65.7 Å². The number of ether oxygens (including phenoxy) is 1. The minimum Gasteiger partial charge on any atom is -0.460 e. The number of rotatable bonds is 9. The highest BCUT2D eigenvalue weighted by Gasteiger charge is 2.42. The fourth-order valence-corrected chi connectivity index (χ4v) is 4.44. The van der Waals surface area contributed by atoms with E-state index in [0.29, 0.717) is 16.8 Å². The molecule has 0 bridgehead atoms. The molecule has 2 amide bonds. The average Bonchev–Trinajstić information content (AvgIpc) is 3.00. The van der Waals surface area contributed by atoms with E-state index in [0.717, 1.165) is 0 Å².